The fourth-order valence-electron chi connectivity index (χ4n) is 4.16. The average molecular weight is 440 g/mol. The minimum Gasteiger partial charge on any atom is -0.327 e. The summed E-state index contributed by atoms with van der Waals surface area (Å²) in [5.74, 6) is -2.89. The number of nitrogens with two attached hydrogens (primary N) is 1. The van der Waals surface area contributed by atoms with Crippen molar-refractivity contribution in [3.63, 3.8) is 0 Å². The largest absolute Gasteiger partial charge is 0.327 e. The number of halogens is 3. The Morgan fingerprint density at radius 3 is 2.53 bits per heavy atom. The maximum atomic E-state index is 14.3. The second kappa shape index (κ2) is 9.08. The number of pyridine rings is 2. The van der Waals surface area contributed by atoms with Gasteiger partial charge in [0.15, 0.2) is 0 Å². The summed E-state index contributed by atoms with van der Waals surface area (Å²) in [7, 11) is 0. The van der Waals surface area contributed by atoms with Crippen LogP contribution in [0.2, 0.25) is 0 Å². The topological polar surface area (TPSA) is 80.9 Å². The third kappa shape index (κ3) is 4.36. The fraction of sp³-hybridized carbons (Fsp3) is 0.292. The van der Waals surface area contributed by atoms with Crippen LogP contribution in [0.25, 0.3) is 11.3 Å². The van der Waals surface area contributed by atoms with Crippen LogP contribution in [-0.2, 0) is 0 Å². The van der Waals surface area contributed by atoms with Crippen molar-refractivity contribution < 1.29 is 18.0 Å². The molecule has 1 aliphatic rings. The van der Waals surface area contributed by atoms with Crippen molar-refractivity contribution in [2.24, 2.45) is 11.7 Å². The van der Waals surface area contributed by atoms with Crippen molar-refractivity contribution in [1.29, 1.82) is 0 Å². The Kier molecular flexibility index (Phi) is 6.23. The Morgan fingerprint density at radius 1 is 1.06 bits per heavy atom. The summed E-state index contributed by atoms with van der Waals surface area (Å²) in [6.45, 7) is 2.13. The molecule has 8 heteroatoms. The molecule has 1 aromatic carbocycles. The Labute approximate surface area is 183 Å². The number of nitrogens with one attached hydrogen (secondary N) is 1. The lowest BCUT2D eigenvalue weighted by molar-refractivity contribution is 0.102. The van der Waals surface area contributed by atoms with E-state index in [9.17, 15) is 18.0 Å². The maximum Gasteiger partial charge on any atom is 0.274 e. The molecular weight excluding hydrogens is 417 g/mol. The number of benzene rings is 1. The van der Waals surface area contributed by atoms with Crippen LogP contribution in [0.3, 0.4) is 0 Å². The number of carbonyl (C=O) groups excluding carboxylic acids is 1. The lowest BCUT2D eigenvalue weighted by Crippen LogP contribution is -2.34. The van der Waals surface area contributed by atoms with Gasteiger partial charge in [-0.2, -0.15) is 0 Å². The molecule has 3 unspecified atom stereocenters. The van der Waals surface area contributed by atoms with Gasteiger partial charge in [0.25, 0.3) is 5.91 Å². The molecule has 2 aromatic heterocycles. The van der Waals surface area contributed by atoms with Crippen LogP contribution in [0, 0.1) is 23.4 Å². The first-order valence-electron chi connectivity index (χ1n) is 10.5. The van der Waals surface area contributed by atoms with Crippen molar-refractivity contribution in [3.8, 4) is 11.3 Å². The smallest absolute Gasteiger partial charge is 0.274 e. The van der Waals surface area contributed by atoms with E-state index in [1.54, 1.807) is 6.20 Å². The van der Waals surface area contributed by atoms with Gasteiger partial charge < -0.3 is 11.1 Å². The van der Waals surface area contributed by atoms with Gasteiger partial charge in [-0.15, -0.1) is 0 Å². The number of nitrogens with zero attached hydrogens (tertiary/aromatic N) is 2. The summed E-state index contributed by atoms with van der Waals surface area (Å²) < 4.78 is 42.6. The lowest BCUT2D eigenvalue weighted by atomic mass is 9.76. The van der Waals surface area contributed by atoms with E-state index in [4.69, 9.17) is 5.73 Å². The van der Waals surface area contributed by atoms with Gasteiger partial charge in [-0.3, -0.25) is 9.78 Å². The first kappa shape index (κ1) is 22.0. The number of amides is 1. The van der Waals surface area contributed by atoms with Crippen LogP contribution in [0.15, 0.2) is 48.8 Å². The highest BCUT2D eigenvalue weighted by molar-refractivity contribution is 6.03. The van der Waals surface area contributed by atoms with Crippen LogP contribution in [-0.4, -0.2) is 21.9 Å². The zero-order valence-corrected chi connectivity index (χ0v) is 17.5. The molecule has 1 saturated carbocycles. The third-order valence-corrected chi connectivity index (χ3v) is 6.08. The molecule has 4 rings (SSSR count). The molecule has 32 heavy (non-hydrogen) atoms. The normalized spacial score (nSPS) is 20.7. The van der Waals surface area contributed by atoms with E-state index in [0.717, 1.165) is 43.0 Å². The highest BCUT2D eigenvalue weighted by atomic mass is 19.1. The molecule has 3 N–H and O–H groups in total. The van der Waals surface area contributed by atoms with Crippen LogP contribution >= 0.6 is 0 Å². The number of hydrogen-bond acceptors (Lipinski definition) is 4. The van der Waals surface area contributed by atoms with Crippen LogP contribution < -0.4 is 11.1 Å². The number of rotatable bonds is 4. The molecule has 3 atom stereocenters. The van der Waals surface area contributed by atoms with Gasteiger partial charge in [0.2, 0.25) is 0 Å². The maximum absolute atomic E-state index is 14.3. The average Bonchev–Trinajstić information content (AvgIpc) is 2.77. The molecule has 1 amide bonds. The van der Waals surface area contributed by atoms with Gasteiger partial charge in [0, 0.05) is 12.2 Å². The molecule has 0 saturated heterocycles. The summed E-state index contributed by atoms with van der Waals surface area (Å²) in [5.41, 5.74) is 6.32. The predicted molar refractivity (Wildman–Crippen MR) is 115 cm³/mol. The van der Waals surface area contributed by atoms with E-state index in [0.29, 0.717) is 11.6 Å². The molecule has 0 spiro atoms. The van der Waals surface area contributed by atoms with Crippen molar-refractivity contribution in [1.82, 2.24) is 9.97 Å². The Bertz CT molecular complexity index is 1130. The minimum absolute atomic E-state index is 0.0717. The second-order valence-electron chi connectivity index (χ2n) is 8.19. The van der Waals surface area contributed by atoms with Crippen LogP contribution in [0.5, 0.6) is 0 Å². The van der Waals surface area contributed by atoms with Crippen molar-refractivity contribution in [3.05, 3.63) is 77.5 Å². The molecule has 1 aliphatic carbocycles. The summed E-state index contributed by atoms with van der Waals surface area (Å²) in [5, 5.41) is 2.76. The van der Waals surface area contributed by atoms with Gasteiger partial charge in [0.05, 0.1) is 17.4 Å². The van der Waals surface area contributed by atoms with Crippen molar-refractivity contribution in [2.45, 2.75) is 38.1 Å². The SMILES string of the molecule is CC1CCC(c2ccncc2NC(=O)c2ccc(F)c(-c3c(F)cccc3F)n2)CC1N. The summed E-state index contributed by atoms with van der Waals surface area (Å²) in [6.07, 6.45) is 5.91. The Morgan fingerprint density at radius 2 is 1.81 bits per heavy atom. The fourth-order valence-corrected chi connectivity index (χ4v) is 4.16. The predicted octanol–water partition coefficient (Wildman–Crippen LogP) is 5.04. The van der Waals surface area contributed by atoms with E-state index < -0.39 is 34.6 Å². The second-order valence-corrected chi connectivity index (χ2v) is 8.19. The van der Waals surface area contributed by atoms with E-state index in [2.05, 4.69) is 22.2 Å². The van der Waals surface area contributed by atoms with Crippen LogP contribution in [0.4, 0.5) is 18.9 Å². The Balaban J connectivity index is 1.62. The van der Waals surface area contributed by atoms with E-state index in [-0.39, 0.29) is 17.7 Å². The number of anilines is 1. The number of aromatic nitrogens is 2. The number of carbonyl (C=O) groups is 1. The van der Waals surface area contributed by atoms with Gasteiger partial charge >= 0.3 is 0 Å². The molecular formula is C24H23F3N4O. The monoisotopic (exact) mass is 440 g/mol. The quantitative estimate of drug-likeness (QED) is 0.595. The minimum atomic E-state index is -0.966. The van der Waals surface area contributed by atoms with Gasteiger partial charge in [-0.1, -0.05) is 13.0 Å². The van der Waals surface area contributed by atoms with E-state index >= 15 is 0 Å². The zero-order valence-electron chi connectivity index (χ0n) is 17.5. The van der Waals surface area contributed by atoms with Crippen molar-refractivity contribution >= 4 is 11.6 Å². The zero-order chi connectivity index (χ0) is 22.8. The summed E-state index contributed by atoms with van der Waals surface area (Å²) in [4.78, 5) is 20.9. The standard InChI is InChI=1S/C24H23F3N4O/c1-13-5-6-14(11-19(13)28)15-9-10-29-12-21(15)31-24(32)20-8-7-18(27)23(30-20)22-16(25)3-2-4-17(22)26/h2-4,7-10,12-14,19H,5-6,11,28H2,1H3,(H,31,32). The van der Waals surface area contributed by atoms with E-state index in [1.807, 2.05) is 6.07 Å². The Hall–Kier alpha value is -3.26. The first-order valence-corrected chi connectivity index (χ1v) is 10.5. The third-order valence-electron chi connectivity index (χ3n) is 6.08. The highest BCUT2D eigenvalue weighted by Gasteiger charge is 2.28. The first-order chi connectivity index (χ1) is 15.3. The summed E-state index contributed by atoms with van der Waals surface area (Å²) in [6, 6.07) is 7.23. The molecule has 3 aromatic rings. The molecule has 2 heterocycles. The van der Waals surface area contributed by atoms with E-state index in [1.165, 1.54) is 18.3 Å². The van der Waals surface area contributed by atoms with Crippen LogP contribution in [0.1, 0.15) is 48.2 Å². The molecule has 5 nitrogen and oxygen atoms in total. The highest BCUT2D eigenvalue weighted by Crippen LogP contribution is 2.38. The number of hydrogen-bond donors (Lipinski definition) is 2. The molecule has 1 fully saturated rings. The summed E-state index contributed by atoms with van der Waals surface area (Å²) >= 11 is 0. The molecule has 166 valence electrons. The lowest BCUT2D eigenvalue weighted by Gasteiger charge is -2.32. The van der Waals surface area contributed by atoms with Gasteiger partial charge in [0.1, 0.15) is 28.8 Å². The van der Waals surface area contributed by atoms with Gasteiger partial charge in [-0.05, 0) is 67.0 Å². The van der Waals surface area contributed by atoms with Crippen molar-refractivity contribution in [2.75, 3.05) is 5.32 Å². The van der Waals surface area contributed by atoms with Gasteiger partial charge in [-0.25, -0.2) is 18.2 Å². The molecule has 0 radical (unpaired) electrons. The molecule has 0 aliphatic heterocycles. The molecule has 0 bridgehead atoms.